The van der Waals surface area contributed by atoms with E-state index in [1.165, 1.54) is 71.3 Å². The van der Waals surface area contributed by atoms with E-state index in [1.807, 2.05) is 12.1 Å². The topological polar surface area (TPSA) is 16.4 Å². The van der Waals surface area contributed by atoms with Gasteiger partial charge in [0.15, 0.2) is 0 Å². The summed E-state index contributed by atoms with van der Waals surface area (Å²) in [4.78, 5) is 2.40. The summed E-state index contributed by atoms with van der Waals surface area (Å²) >= 11 is 0. The minimum atomic E-state index is 0.867. The highest BCUT2D eigenvalue weighted by Crippen LogP contribution is 2.44. The summed E-state index contributed by atoms with van der Waals surface area (Å²) in [6.07, 6.45) is 0. The molecule has 2 heteroatoms. The lowest BCUT2D eigenvalue weighted by atomic mass is 9.94. The van der Waals surface area contributed by atoms with Gasteiger partial charge in [0.1, 0.15) is 11.3 Å². The third-order valence-electron chi connectivity index (χ3n) is 12.7. The number of benzene rings is 11. The summed E-state index contributed by atoms with van der Waals surface area (Å²) in [6.45, 7) is 0. The molecule has 12 aromatic rings. The third-order valence-corrected chi connectivity index (χ3v) is 12.7. The fourth-order valence-corrected chi connectivity index (χ4v) is 9.41. The van der Waals surface area contributed by atoms with Crippen molar-refractivity contribution in [2.45, 2.75) is 0 Å². The number of hydrogen-bond donors (Lipinski definition) is 0. The van der Waals surface area contributed by atoms with Crippen molar-refractivity contribution < 1.29 is 4.42 Å². The maximum atomic E-state index is 6.31. The number of fused-ring (bicyclic) bond motifs is 5. The van der Waals surface area contributed by atoms with Crippen molar-refractivity contribution in [2.75, 3.05) is 4.90 Å². The van der Waals surface area contributed by atoms with Crippen molar-refractivity contribution in [3.63, 3.8) is 0 Å². The molecule has 0 unspecified atom stereocenters. The molecule has 0 aliphatic heterocycles. The van der Waals surface area contributed by atoms with Crippen molar-refractivity contribution >= 4 is 60.3 Å². The summed E-state index contributed by atoms with van der Waals surface area (Å²) in [5, 5.41) is 8.51. The fraction of sp³-hybridized carbons (Fsp3) is 0. The van der Waals surface area contributed by atoms with Gasteiger partial charge in [0.25, 0.3) is 0 Å². The Morgan fingerprint density at radius 1 is 0.266 bits per heavy atom. The number of anilines is 3. The molecule has 0 atom stereocenters. The lowest BCUT2D eigenvalue weighted by molar-refractivity contribution is 0.631. The molecule has 64 heavy (non-hydrogen) atoms. The lowest BCUT2D eigenvalue weighted by Crippen LogP contribution is -2.10. The normalized spacial score (nSPS) is 11.4. The second kappa shape index (κ2) is 15.8. The van der Waals surface area contributed by atoms with Gasteiger partial charge in [-0.2, -0.15) is 0 Å². The molecule has 0 N–H and O–H groups in total. The van der Waals surface area contributed by atoms with Gasteiger partial charge in [-0.1, -0.05) is 194 Å². The average Bonchev–Trinajstić information content (AvgIpc) is 3.82. The van der Waals surface area contributed by atoms with Gasteiger partial charge in [-0.05, 0) is 126 Å². The Hall–Kier alpha value is -8.46. The standard InChI is InChI=1S/C62H41NO/c1-2-11-42(12-3-1)43-21-23-44(24-22-43)45-27-32-53(33-28-45)63(54-34-29-46(30-35-54)48-31-36-56-50(39-48)26-25-47-13-4-6-17-55(47)56)60-38-37-57(58-18-7-8-19-59(58)60)49-15-10-16-51(40-49)62-41-52-14-5-9-20-61(52)64-62/h1-41H. The van der Waals surface area contributed by atoms with Crippen LogP contribution in [0.1, 0.15) is 0 Å². The molecule has 0 fully saturated rings. The molecular weight excluding hydrogens is 775 g/mol. The average molecular weight is 816 g/mol. The summed E-state index contributed by atoms with van der Waals surface area (Å²) in [6, 6.07) is 89.7. The van der Waals surface area contributed by atoms with E-state index in [0.29, 0.717) is 0 Å². The van der Waals surface area contributed by atoms with Crippen molar-refractivity contribution in [2.24, 2.45) is 0 Å². The van der Waals surface area contributed by atoms with Gasteiger partial charge >= 0.3 is 0 Å². The lowest BCUT2D eigenvalue weighted by Gasteiger charge is -2.28. The van der Waals surface area contributed by atoms with E-state index in [0.717, 1.165) is 44.9 Å². The van der Waals surface area contributed by atoms with E-state index in [2.05, 4.69) is 241 Å². The molecular formula is C62H41NO. The zero-order valence-corrected chi connectivity index (χ0v) is 35.0. The zero-order chi connectivity index (χ0) is 42.4. The number of nitrogens with zero attached hydrogens (tertiary/aromatic N) is 1. The van der Waals surface area contributed by atoms with E-state index in [-0.39, 0.29) is 0 Å². The summed E-state index contributed by atoms with van der Waals surface area (Å²) < 4.78 is 6.31. The minimum Gasteiger partial charge on any atom is -0.456 e. The molecule has 0 aliphatic rings. The van der Waals surface area contributed by atoms with Gasteiger partial charge in [0, 0.05) is 27.7 Å². The summed E-state index contributed by atoms with van der Waals surface area (Å²) in [7, 11) is 0. The molecule has 0 radical (unpaired) electrons. The predicted octanol–water partition coefficient (Wildman–Crippen LogP) is 17.7. The third kappa shape index (κ3) is 6.79. The Balaban J connectivity index is 0.944. The Morgan fingerprint density at radius 3 is 1.50 bits per heavy atom. The molecule has 1 aromatic heterocycles. The quantitative estimate of drug-likeness (QED) is 0.142. The van der Waals surface area contributed by atoms with Gasteiger partial charge in [0.05, 0.1) is 5.69 Å². The van der Waals surface area contributed by atoms with Crippen LogP contribution < -0.4 is 4.90 Å². The van der Waals surface area contributed by atoms with Crippen LogP contribution in [0.3, 0.4) is 0 Å². The molecule has 0 bridgehead atoms. The van der Waals surface area contributed by atoms with Crippen LogP contribution in [0.2, 0.25) is 0 Å². The predicted molar refractivity (Wildman–Crippen MR) is 271 cm³/mol. The molecule has 1 heterocycles. The van der Waals surface area contributed by atoms with E-state index < -0.39 is 0 Å². The summed E-state index contributed by atoms with van der Waals surface area (Å²) in [5.41, 5.74) is 14.7. The largest absolute Gasteiger partial charge is 0.456 e. The smallest absolute Gasteiger partial charge is 0.135 e. The first kappa shape index (κ1) is 37.3. The van der Waals surface area contributed by atoms with Gasteiger partial charge in [-0.15, -0.1) is 0 Å². The maximum absolute atomic E-state index is 6.31. The Morgan fingerprint density at radius 2 is 0.781 bits per heavy atom. The van der Waals surface area contributed by atoms with Gasteiger partial charge < -0.3 is 9.32 Å². The first-order valence-corrected chi connectivity index (χ1v) is 21.9. The van der Waals surface area contributed by atoms with Crippen LogP contribution in [0.4, 0.5) is 17.1 Å². The Bertz CT molecular complexity index is 3610. The molecule has 0 spiro atoms. The van der Waals surface area contributed by atoms with Crippen LogP contribution in [0, 0.1) is 0 Å². The highest BCUT2D eigenvalue weighted by Gasteiger charge is 2.19. The first-order chi connectivity index (χ1) is 31.7. The van der Waals surface area contributed by atoms with Gasteiger partial charge in [-0.25, -0.2) is 0 Å². The molecule has 0 aliphatic carbocycles. The van der Waals surface area contributed by atoms with E-state index in [4.69, 9.17) is 4.42 Å². The second-order valence-corrected chi connectivity index (χ2v) is 16.5. The summed E-state index contributed by atoms with van der Waals surface area (Å²) in [5.74, 6) is 0.867. The van der Waals surface area contributed by atoms with Crippen LogP contribution in [0.25, 0.3) is 99.1 Å². The fourth-order valence-electron chi connectivity index (χ4n) is 9.41. The van der Waals surface area contributed by atoms with E-state index in [1.54, 1.807) is 0 Å². The second-order valence-electron chi connectivity index (χ2n) is 16.5. The maximum Gasteiger partial charge on any atom is 0.135 e. The van der Waals surface area contributed by atoms with Crippen LogP contribution >= 0.6 is 0 Å². The monoisotopic (exact) mass is 815 g/mol. The van der Waals surface area contributed by atoms with Crippen LogP contribution in [-0.2, 0) is 0 Å². The first-order valence-electron chi connectivity index (χ1n) is 21.9. The molecule has 0 saturated heterocycles. The highest BCUT2D eigenvalue weighted by molar-refractivity contribution is 6.09. The molecule has 11 aromatic carbocycles. The van der Waals surface area contributed by atoms with Crippen molar-refractivity contribution in [3.8, 4) is 55.8 Å². The van der Waals surface area contributed by atoms with Crippen LogP contribution in [-0.4, -0.2) is 0 Å². The Labute approximate surface area is 372 Å². The number of furan rings is 1. The highest BCUT2D eigenvalue weighted by atomic mass is 16.3. The van der Waals surface area contributed by atoms with Gasteiger partial charge in [0.2, 0.25) is 0 Å². The molecule has 0 saturated carbocycles. The van der Waals surface area contributed by atoms with E-state index >= 15 is 0 Å². The Kier molecular flexibility index (Phi) is 9.20. The van der Waals surface area contributed by atoms with Crippen molar-refractivity contribution in [1.82, 2.24) is 0 Å². The number of hydrogen-bond acceptors (Lipinski definition) is 2. The van der Waals surface area contributed by atoms with Crippen molar-refractivity contribution in [1.29, 1.82) is 0 Å². The molecule has 2 nitrogen and oxygen atoms in total. The minimum absolute atomic E-state index is 0.867. The molecule has 0 amide bonds. The van der Waals surface area contributed by atoms with Crippen LogP contribution in [0.15, 0.2) is 253 Å². The van der Waals surface area contributed by atoms with Crippen molar-refractivity contribution in [3.05, 3.63) is 249 Å². The van der Waals surface area contributed by atoms with Gasteiger partial charge in [-0.3, -0.25) is 0 Å². The number of rotatable bonds is 8. The number of para-hydroxylation sites is 1. The molecule has 300 valence electrons. The zero-order valence-electron chi connectivity index (χ0n) is 35.0. The van der Waals surface area contributed by atoms with Crippen LogP contribution in [0.5, 0.6) is 0 Å². The molecule has 12 rings (SSSR count). The van der Waals surface area contributed by atoms with E-state index in [9.17, 15) is 0 Å². The SMILES string of the molecule is c1ccc(-c2ccc(-c3ccc(N(c4ccc(-c5ccc6c(ccc7ccccc76)c5)cc4)c4ccc(-c5cccc(-c6cc7ccccc7o6)c5)c5ccccc45)cc3)cc2)cc1.